The Morgan fingerprint density at radius 1 is 1.05 bits per heavy atom. The van der Waals surface area contributed by atoms with E-state index in [0.29, 0.717) is 12.8 Å². The molecule has 4 nitrogen and oxygen atoms in total. The molecule has 20 heavy (non-hydrogen) atoms. The second-order valence-electron chi connectivity index (χ2n) is 6.19. The zero-order valence-corrected chi connectivity index (χ0v) is 12.6. The highest BCUT2D eigenvalue weighted by Gasteiger charge is 2.28. The maximum atomic E-state index is 12.5. The highest BCUT2D eigenvalue weighted by atomic mass is 16.5. The molecule has 2 fully saturated rings. The molecule has 0 spiro atoms. The first-order valence-corrected chi connectivity index (χ1v) is 8.07. The molecule has 0 N–H and O–H groups in total. The summed E-state index contributed by atoms with van der Waals surface area (Å²) in [6.07, 6.45) is 8.69. The summed E-state index contributed by atoms with van der Waals surface area (Å²) in [7, 11) is 0. The molecule has 2 unspecified atom stereocenters. The summed E-state index contributed by atoms with van der Waals surface area (Å²) in [6.45, 7) is 3.22. The maximum Gasteiger partial charge on any atom is 0.225 e. The highest BCUT2D eigenvalue weighted by molar-refractivity contribution is 5.80. The van der Waals surface area contributed by atoms with Gasteiger partial charge in [0.1, 0.15) is 5.78 Å². The lowest BCUT2D eigenvalue weighted by Gasteiger charge is -2.31. The monoisotopic (exact) mass is 281 g/mol. The summed E-state index contributed by atoms with van der Waals surface area (Å²) in [4.78, 5) is 25.9. The van der Waals surface area contributed by atoms with Crippen molar-refractivity contribution in [1.29, 1.82) is 0 Å². The van der Waals surface area contributed by atoms with E-state index in [1.54, 1.807) is 6.92 Å². The van der Waals surface area contributed by atoms with E-state index in [2.05, 4.69) is 0 Å². The van der Waals surface area contributed by atoms with Gasteiger partial charge in [0.25, 0.3) is 0 Å². The fraction of sp³-hybridized carbons (Fsp3) is 0.875. The number of rotatable bonds is 4. The van der Waals surface area contributed by atoms with Gasteiger partial charge >= 0.3 is 0 Å². The van der Waals surface area contributed by atoms with E-state index in [1.165, 1.54) is 0 Å². The predicted molar refractivity (Wildman–Crippen MR) is 77.5 cm³/mol. The third-order valence-corrected chi connectivity index (χ3v) is 4.40. The molecule has 2 heterocycles. The highest BCUT2D eigenvalue weighted by Crippen LogP contribution is 2.23. The average molecular weight is 281 g/mol. The van der Waals surface area contributed by atoms with Gasteiger partial charge in [-0.25, -0.2) is 0 Å². The molecular formula is C16H27NO3. The van der Waals surface area contributed by atoms with Crippen LogP contribution in [0, 0.1) is 0 Å². The molecule has 0 aromatic carbocycles. The predicted octanol–water partition coefficient (Wildman–Crippen LogP) is 2.70. The Labute approximate surface area is 121 Å². The lowest BCUT2D eigenvalue weighted by molar-refractivity contribution is -0.138. The van der Waals surface area contributed by atoms with Crippen molar-refractivity contribution < 1.29 is 14.3 Å². The molecule has 0 radical (unpaired) electrons. The fourth-order valence-electron chi connectivity index (χ4n) is 3.33. The van der Waals surface area contributed by atoms with Crippen LogP contribution >= 0.6 is 0 Å². The zero-order chi connectivity index (χ0) is 14.4. The number of carbonyl (C=O) groups excluding carboxylic acids is 2. The summed E-state index contributed by atoms with van der Waals surface area (Å²) in [5.74, 6) is 0.369. The van der Waals surface area contributed by atoms with E-state index < -0.39 is 0 Å². The molecule has 0 aromatic rings. The third-order valence-electron chi connectivity index (χ3n) is 4.40. The third kappa shape index (κ3) is 4.58. The molecule has 0 bridgehead atoms. The van der Waals surface area contributed by atoms with E-state index in [-0.39, 0.29) is 23.8 Å². The molecule has 2 aliphatic heterocycles. The number of carbonyl (C=O) groups is 2. The van der Waals surface area contributed by atoms with E-state index in [4.69, 9.17) is 4.74 Å². The van der Waals surface area contributed by atoms with Crippen LogP contribution in [0.25, 0.3) is 0 Å². The molecule has 0 saturated carbocycles. The van der Waals surface area contributed by atoms with Gasteiger partial charge in [0, 0.05) is 25.6 Å². The fourth-order valence-corrected chi connectivity index (χ4v) is 3.33. The van der Waals surface area contributed by atoms with E-state index in [0.717, 1.165) is 58.1 Å². The normalized spacial score (nSPS) is 27.9. The van der Waals surface area contributed by atoms with Crippen LogP contribution in [0.3, 0.4) is 0 Å². The lowest BCUT2D eigenvalue weighted by Crippen LogP contribution is -2.42. The smallest absolute Gasteiger partial charge is 0.225 e. The Balaban J connectivity index is 1.93. The minimum absolute atomic E-state index is 0.0949. The van der Waals surface area contributed by atoms with Gasteiger partial charge in [0.05, 0.1) is 12.5 Å². The van der Waals surface area contributed by atoms with Crippen molar-refractivity contribution in [2.45, 2.75) is 76.9 Å². The number of hydrogen-bond donors (Lipinski definition) is 0. The number of ketones is 1. The van der Waals surface area contributed by atoms with Crippen molar-refractivity contribution in [1.82, 2.24) is 4.90 Å². The molecule has 2 rings (SSSR count). The minimum Gasteiger partial charge on any atom is -0.378 e. The van der Waals surface area contributed by atoms with Crippen molar-refractivity contribution in [3.05, 3.63) is 0 Å². The van der Waals surface area contributed by atoms with Crippen LogP contribution in [-0.2, 0) is 14.3 Å². The molecule has 2 saturated heterocycles. The first kappa shape index (κ1) is 15.5. The summed E-state index contributed by atoms with van der Waals surface area (Å²) in [6, 6.07) is 0.117. The van der Waals surface area contributed by atoms with Crippen molar-refractivity contribution in [3.63, 3.8) is 0 Å². The maximum absolute atomic E-state index is 12.5. The molecule has 0 aliphatic carbocycles. The molecule has 1 amide bonds. The summed E-state index contributed by atoms with van der Waals surface area (Å²) >= 11 is 0. The van der Waals surface area contributed by atoms with Crippen LogP contribution in [0.4, 0.5) is 0 Å². The van der Waals surface area contributed by atoms with Crippen LogP contribution in [0.15, 0.2) is 0 Å². The topological polar surface area (TPSA) is 46.6 Å². The number of ether oxygens (including phenoxy) is 1. The van der Waals surface area contributed by atoms with E-state index in [1.807, 2.05) is 4.90 Å². The standard InChI is InChI=1S/C16H27NO3/c1-13(18)11-14-7-3-2-5-9-17(14)16(19)12-15-8-4-6-10-20-15/h14-15H,2-12H2,1H3. The number of Topliss-reactive ketones (excluding diaryl/α,β-unsaturated/α-hetero) is 1. The SMILES string of the molecule is CC(=O)CC1CCCCCN1C(=O)CC1CCCCO1. The second-order valence-corrected chi connectivity index (χ2v) is 6.19. The van der Waals surface area contributed by atoms with Crippen LogP contribution in [0.2, 0.25) is 0 Å². The second kappa shape index (κ2) is 7.77. The molecular weight excluding hydrogens is 254 g/mol. The zero-order valence-electron chi connectivity index (χ0n) is 12.6. The molecule has 4 heteroatoms. The summed E-state index contributed by atoms with van der Waals surface area (Å²) in [5, 5.41) is 0. The van der Waals surface area contributed by atoms with Crippen molar-refractivity contribution in [2.24, 2.45) is 0 Å². The average Bonchev–Trinajstić information content (AvgIpc) is 2.64. The lowest BCUT2D eigenvalue weighted by atomic mass is 10.0. The van der Waals surface area contributed by atoms with Crippen LogP contribution in [-0.4, -0.2) is 41.9 Å². The van der Waals surface area contributed by atoms with Crippen molar-refractivity contribution in [2.75, 3.05) is 13.2 Å². The van der Waals surface area contributed by atoms with Gasteiger partial charge < -0.3 is 9.64 Å². The summed E-state index contributed by atoms with van der Waals surface area (Å²) < 4.78 is 5.67. The Bertz CT molecular complexity index is 337. The molecule has 0 aromatic heterocycles. The van der Waals surface area contributed by atoms with Gasteiger partial charge in [-0.2, -0.15) is 0 Å². The quantitative estimate of drug-likeness (QED) is 0.796. The van der Waals surface area contributed by atoms with Gasteiger partial charge in [-0.3, -0.25) is 9.59 Å². The Morgan fingerprint density at radius 3 is 2.55 bits per heavy atom. The van der Waals surface area contributed by atoms with Gasteiger partial charge in [-0.1, -0.05) is 12.8 Å². The van der Waals surface area contributed by atoms with Crippen molar-refractivity contribution >= 4 is 11.7 Å². The van der Waals surface area contributed by atoms with Gasteiger partial charge in [0.15, 0.2) is 0 Å². The number of amides is 1. The van der Waals surface area contributed by atoms with Crippen LogP contribution in [0.5, 0.6) is 0 Å². The Kier molecular flexibility index (Phi) is 6.02. The number of hydrogen-bond acceptors (Lipinski definition) is 3. The van der Waals surface area contributed by atoms with Gasteiger partial charge in [-0.05, 0) is 39.0 Å². The first-order valence-electron chi connectivity index (χ1n) is 8.07. The van der Waals surface area contributed by atoms with E-state index >= 15 is 0 Å². The molecule has 2 aliphatic rings. The largest absolute Gasteiger partial charge is 0.378 e. The van der Waals surface area contributed by atoms with Crippen molar-refractivity contribution in [3.8, 4) is 0 Å². The van der Waals surface area contributed by atoms with Crippen LogP contribution < -0.4 is 0 Å². The van der Waals surface area contributed by atoms with Gasteiger partial charge in [0.2, 0.25) is 5.91 Å². The van der Waals surface area contributed by atoms with E-state index in [9.17, 15) is 9.59 Å². The Hall–Kier alpha value is -0.900. The first-order chi connectivity index (χ1) is 9.66. The minimum atomic E-state index is 0.0949. The number of likely N-dealkylation sites (tertiary alicyclic amines) is 1. The van der Waals surface area contributed by atoms with Gasteiger partial charge in [-0.15, -0.1) is 0 Å². The molecule has 2 atom stereocenters. The van der Waals surface area contributed by atoms with Crippen LogP contribution in [0.1, 0.15) is 64.7 Å². The molecule has 114 valence electrons. The Morgan fingerprint density at radius 2 is 1.85 bits per heavy atom. The summed E-state index contributed by atoms with van der Waals surface area (Å²) in [5.41, 5.74) is 0. The number of nitrogens with zero attached hydrogens (tertiary/aromatic N) is 1.